The first-order chi connectivity index (χ1) is 9.72. The minimum atomic E-state index is 0.302. The monoisotopic (exact) mass is 337 g/mol. The number of hydrogen-bond donors (Lipinski definition) is 1. The second kappa shape index (κ2) is 5.93. The van der Waals surface area contributed by atoms with Crippen LogP contribution in [-0.4, -0.2) is 16.2 Å². The number of para-hydroxylation sites is 1. The van der Waals surface area contributed by atoms with E-state index >= 15 is 0 Å². The Morgan fingerprint density at radius 3 is 3.00 bits per heavy atom. The van der Waals surface area contributed by atoms with E-state index in [1.165, 1.54) is 12.8 Å². The van der Waals surface area contributed by atoms with Crippen LogP contribution in [0.2, 0.25) is 0 Å². The van der Waals surface area contributed by atoms with Gasteiger partial charge in [0.25, 0.3) is 0 Å². The van der Waals surface area contributed by atoms with Gasteiger partial charge in [0.1, 0.15) is 5.75 Å². The van der Waals surface area contributed by atoms with Gasteiger partial charge in [0.2, 0.25) is 11.7 Å². The average molecular weight is 338 g/mol. The lowest BCUT2D eigenvalue weighted by Crippen LogP contribution is -2.16. The number of aromatic nitrogens is 2. The quantitative estimate of drug-likeness (QED) is 0.877. The maximum atomic E-state index is 5.85. The second-order valence-corrected chi connectivity index (χ2v) is 5.76. The largest absolute Gasteiger partial charge is 0.484 e. The summed E-state index contributed by atoms with van der Waals surface area (Å²) in [6, 6.07) is 6.72. The minimum absolute atomic E-state index is 0.302. The number of nitrogens with one attached hydrogen (secondary N) is 1. The minimum Gasteiger partial charge on any atom is -0.484 e. The number of aryl methyl sites for hydroxylation is 1. The molecule has 1 fully saturated rings. The molecule has 1 N–H and O–H groups in total. The molecule has 5 nitrogen and oxygen atoms in total. The molecule has 106 valence electrons. The molecule has 1 heterocycles. The van der Waals surface area contributed by atoms with Gasteiger partial charge in [-0.3, -0.25) is 0 Å². The van der Waals surface area contributed by atoms with Crippen molar-refractivity contribution >= 4 is 15.9 Å². The van der Waals surface area contributed by atoms with Gasteiger partial charge in [0.15, 0.2) is 6.61 Å². The number of benzene rings is 1. The Kier molecular flexibility index (Phi) is 4.03. The van der Waals surface area contributed by atoms with E-state index in [-0.39, 0.29) is 0 Å². The molecule has 2 aromatic rings. The summed E-state index contributed by atoms with van der Waals surface area (Å²) in [6.07, 6.45) is 2.54. The summed E-state index contributed by atoms with van der Waals surface area (Å²) in [7, 11) is 0. The maximum absolute atomic E-state index is 5.85. The molecule has 1 aliphatic carbocycles. The molecule has 6 heteroatoms. The highest BCUT2D eigenvalue weighted by Gasteiger charge is 2.21. The van der Waals surface area contributed by atoms with Gasteiger partial charge >= 0.3 is 0 Å². The molecule has 0 amide bonds. The van der Waals surface area contributed by atoms with Crippen LogP contribution in [0.1, 0.15) is 30.1 Å². The third kappa shape index (κ3) is 3.37. The second-order valence-electron chi connectivity index (χ2n) is 4.90. The smallest absolute Gasteiger partial charge is 0.223 e. The van der Waals surface area contributed by atoms with Crippen molar-refractivity contribution in [3.05, 3.63) is 40.0 Å². The van der Waals surface area contributed by atoms with Crippen molar-refractivity contribution in [2.24, 2.45) is 0 Å². The van der Waals surface area contributed by atoms with Gasteiger partial charge in [-0.1, -0.05) is 17.3 Å². The Hall–Kier alpha value is -1.40. The molecule has 1 aliphatic rings. The van der Waals surface area contributed by atoms with E-state index in [1.807, 2.05) is 12.1 Å². The van der Waals surface area contributed by atoms with Crippen molar-refractivity contribution in [3.8, 4) is 5.75 Å². The summed E-state index contributed by atoms with van der Waals surface area (Å²) in [5.41, 5.74) is 1.13. The molecule has 0 radical (unpaired) electrons. The van der Waals surface area contributed by atoms with Crippen LogP contribution in [0.15, 0.2) is 27.2 Å². The highest BCUT2D eigenvalue weighted by molar-refractivity contribution is 9.10. The summed E-state index contributed by atoms with van der Waals surface area (Å²) in [5.74, 6) is 1.94. The summed E-state index contributed by atoms with van der Waals surface area (Å²) >= 11 is 3.53. The third-order valence-corrected chi connectivity index (χ3v) is 3.75. The normalized spacial score (nSPS) is 14.5. The maximum Gasteiger partial charge on any atom is 0.223 e. The van der Waals surface area contributed by atoms with Gasteiger partial charge < -0.3 is 14.6 Å². The fourth-order valence-corrected chi connectivity index (χ4v) is 2.45. The standard InChI is InChI=1S/C14H16BrN3O2/c1-9-17-13(18-20-9)8-19-14-10(3-2-4-12(14)15)7-16-11-5-6-11/h2-4,11,16H,5-8H2,1H3. The molecule has 1 aromatic heterocycles. The fourth-order valence-electron chi connectivity index (χ4n) is 1.93. The Bertz CT molecular complexity index is 596. The van der Waals surface area contributed by atoms with Crippen molar-refractivity contribution < 1.29 is 9.26 Å². The Morgan fingerprint density at radius 1 is 1.45 bits per heavy atom. The molecular weight excluding hydrogens is 322 g/mol. The van der Waals surface area contributed by atoms with E-state index in [9.17, 15) is 0 Å². The van der Waals surface area contributed by atoms with Gasteiger partial charge in [-0.05, 0) is 34.8 Å². The predicted molar refractivity (Wildman–Crippen MR) is 77.4 cm³/mol. The highest BCUT2D eigenvalue weighted by atomic mass is 79.9. The zero-order chi connectivity index (χ0) is 13.9. The molecule has 3 rings (SSSR count). The molecule has 0 saturated heterocycles. The van der Waals surface area contributed by atoms with E-state index in [1.54, 1.807) is 6.92 Å². The van der Waals surface area contributed by atoms with Crippen molar-refractivity contribution in [1.82, 2.24) is 15.5 Å². The topological polar surface area (TPSA) is 60.2 Å². The third-order valence-electron chi connectivity index (χ3n) is 3.12. The van der Waals surface area contributed by atoms with Gasteiger partial charge in [-0.25, -0.2) is 0 Å². The van der Waals surface area contributed by atoms with Crippen molar-refractivity contribution in [1.29, 1.82) is 0 Å². The fraction of sp³-hybridized carbons (Fsp3) is 0.429. The van der Waals surface area contributed by atoms with Crippen LogP contribution in [0, 0.1) is 6.92 Å². The SMILES string of the molecule is Cc1nc(COc2c(Br)cccc2CNC2CC2)no1. The van der Waals surface area contributed by atoms with E-state index < -0.39 is 0 Å². The first-order valence-corrected chi connectivity index (χ1v) is 7.44. The summed E-state index contributed by atoms with van der Waals surface area (Å²) in [6.45, 7) is 2.88. The van der Waals surface area contributed by atoms with Crippen LogP contribution in [0.25, 0.3) is 0 Å². The van der Waals surface area contributed by atoms with Crippen LogP contribution in [-0.2, 0) is 13.2 Å². The highest BCUT2D eigenvalue weighted by Crippen LogP contribution is 2.30. The number of nitrogens with zero attached hydrogens (tertiary/aromatic N) is 2. The first-order valence-electron chi connectivity index (χ1n) is 6.65. The van der Waals surface area contributed by atoms with Crippen LogP contribution < -0.4 is 10.1 Å². The molecule has 0 atom stereocenters. The molecule has 1 aromatic carbocycles. The van der Waals surface area contributed by atoms with Gasteiger partial charge in [-0.15, -0.1) is 0 Å². The molecule has 1 saturated carbocycles. The molecule has 20 heavy (non-hydrogen) atoms. The van der Waals surface area contributed by atoms with Crippen LogP contribution in [0.4, 0.5) is 0 Å². The number of rotatable bonds is 6. The van der Waals surface area contributed by atoms with Gasteiger partial charge in [0, 0.05) is 25.1 Å². The summed E-state index contributed by atoms with van der Waals surface area (Å²) < 4.78 is 11.7. The Labute approximate surface area is 125 Å². The number of halogens is 1. The summed E-state index contributed by atoms with van der Waals surface area (Å²) in [4.78, 5) is 4.14. The molecular formula is C14H16BrN3O2. The van der Waals surface area contributed by atoms with Crippen molar-refractivity contribution in [2.45, 2.75) is 39.0 Å². The first kappa shape index (κ1) is 13.6. The lowest BCUT2D eigenvalue weighted by atomic mass is 10.2. The van der Waals surface area contributed by atoms with E-state index in [4.69, 9.17) is 9.26 Å². The van der Waals surface area contributed by atoms with Gasteiger partial charge in [-0.2, -0.15) is 4.98 Å². The lowest BCUT2D eigenvalue weighted by molar-refractivity contribution is 0.280. The number of hydrogen-bond acceptors (Lipinski definition) is 5. The van der Waals surface area contributed by atoms with Crippen molar-refractivity contribution in [2.75, 3.05) is 0 Å². The zero-order valence-corrected chi connectivity index (χ0v) is 12.8. The van der Waals surface area contributed by atoms with E-state index in [0.717, 1.165) is 22.3 Å². The van der Waals surface area contributed by atoms with Crippen LogP contribution >= 0.6 is 15.9 Å². The van der Waals surface area contributed by atoms with Crippen LogP contribution in [0.3, 0.4) is 0 Å². The van der Waals surface area contributed by atoms with Crippen molar-refractivity contribution in [3.63, 3.8) is 0 Å². The average Bonchev–Trinajstić information content (AvgIpc) is 3.17. The predicted octanol–water partition coefficient (Wildman–Crippen LogP) is 2.97. The molecule has 0 unspecified atom stereocenters. The Morgan fingerprint density at radius 2 is 2.30 bits per heavy atom. The Balaban J connectivity index is 1.69. The lowest BCUT2D eigenvalue weighted by Gasteiger charge is -2.12. The van der Waals surface area contributed by atoms with E-state index in [0.29, 0.717) is 24.4 Å². The zero-order valence-electron chi connectivity index (χ0n) is 11.2. The van der Waals surface area contributed by atoms with Gasteiger partial charge in [0.05, 0.1) is 4.47 Å². The molecule has 0 spiro atoms. The van der Waals surface area contributed by atoms with E-state index in [2.05, 4.69) is 37.5 Å². The van der Waals surface area contributed by atoms with Crippen LogP contribution in [0.5, 0.6) is 5.75 Å². The molecule has 0 bridgehead atoms. The summed E-state index contributed by atoms with van der Waals surface area (Å²) in [5, 5.41) is 7.32. The number of ether oxygens (including phenoxy) is 1. The molecule has 0 aliphatic heterocycles.